The highest BCUT2D eigenvalue weighted by molar-refractivity contribution is 7.73. The van der Waals surface area contributed by atoms with Crippen LogP contribution in [0.25, 0.3) is 0 Å². The van der Waals surface area contributed by atoms with Crippen LogP contribution in [0.4, 0.5) is 5.13 Å². The van der Waals surface area contributed by atoms with Crippen molar-refractivity contribution in [2.24, 2.45) is 4.99 Å². The van der Waals surface area contributed by atoms with E-state index in [9.17, 15) is 9.90 Å². The Bertz CT molecular complexity index is 978. The maximum Gasteiger partial charge on any atom is 0.329 e. The molecule has 3 rings (SSSR count). The molecule has 0 saturated heterocycles. The van der Waals surface area contributed by atoms with Gasteiger partial charge in [-0.05, 0) is 24.7 Å². The zero-order chi connectivity index (χ0) is 19.2. The first kappa shape index (κ1) is 19.4. The van der Waals surface area contributed by atoms with Crippen molar-refractivity contribution in [3.63, 3.8) is 0 Å². The number of ether oxygens (including phenoxy) is 1. The fraction of sp³-hybridized carbons (Fsp3) is 0.222. The lowest BCUT2D eigenvalue weighted by Crippen LogP contribution is -2.24. The molecule has 0 aliphatic rings. The Labute approximate surface area is 169 Å². The van der Waals surface area contributed by atoms with Crippen LogP contribution in [0.1, 0.15) is 23.4 Å². The van der Waals surface area contributed by atoms with E-state index in [0.717, 1.165) is 5.56 Å². The summed E-state index contributed by atoms with van der Waals surface area (Å²) >= 11 is 7.98. The number of hydrogen-bond acceptors (Lipinski definition) is 8. The molecule has 2 aromatic heterocycles. The summed E-state index contributed by atoms with van der Waals surface area (Å²) in [5.74, 6) is -0.534. The molecular formula is C18H17N3O3S3. The number of carbonyl (C=O) groups excluding carboxylic acids is 1. The Morgan fingerprint density at radius 1 is 1.44 bits per heavy atom. The van der Waals surface area contributed by atoms with Crippen molar-refractivity contribution in [1.82, 2.24) is 9.55 Å². The average molecular weight is 420 g/mol. The molecule has 0 aliphatic carbocycles. The molecule has 1 unspecified atom stereocenters. The summed E-state index contributed by atoms with van der Waals surface area (Å²) in [5, 5.41) is 13.1. The van der Waals surface area contributed by atoms with Crippen molar-refractivity contribution in [1.29, 1.82) is 0 Å². The zero-order valence-corrected chi connectivity index (χ0v) is 16.9. The molecule has 1 aromatic carbocycles. The van der Waals surface area contributed by atoms with Crippen molar-refractivity contribution in [3.8, 4) is 5.88 Å². The number of aliphatic imine (C=N–C) groups is 1. The molecule has 1 N–H and O–H groups in total. The molecule has 2 heterocycles. The summed E-state index contributed by atoms with van der Waals surface area (Å²) in [6.07, 6.45) is 3.53. The Kier molecular flexibility index (Phi) is 6.49. The minimum absolute atomic E-state index is 0.0979. The molecule has 27 heavy (non-hydrogen) atoms. The van der Waals surface area contributed by atoms with Gasteiger partial charge in [0.25, 0.3) is 0 Å². The molecule has 0 amide bonds. The second-order valence-corrected chi connectivity index (χ2v) is 8.01. The number of benzene rings is 1. The fourth-order valence-corrected chi connectivity index (χ4v) is 4.26. The van der Waals surface area contributed by atoms with Crippen molar-refractivity contribution in [2.75, 3.05) is 6.61 Å². The molecule has 0 saturated carbocycles. The van der Waals surface area contributed by atoms with Crippen LogP contribution in [-0.4, -0.2) is 33.4 Å². The molecule has 9 heteroatoms. The van der Waals surface area contributed by atoms with Crippen molar-refractivity contribution >= 4 is 52.2 Å². The first-order valence-corrected chi connectivity index (χ1v) is 10.3. The number of rotatable bonds is 7. The lowest BCUT2D eigenvalue weighted by molar-refractivity contribution is -0.147. The van der Waals surface area contributed by atoms with Gasteiger partial charge >= 0.3 is 5.97 Å². The van der Waals surface area contributed by atoms with Crippen LogP contribution in [0.5, 0.6) is 5.88 Å². The summed E-state index contributed by atoms with van der Waals surface area (Å²) in [5.41, 5.74) is 0.945. The number of nitrogens with zero attached hydrogens (tertiary/aromatic N) is 3. The smallest absolute Gasteiger partial charge is 0.329 e. The third kappa shape index (κ3) is 4.68. The number of thiazole rings is 2. The van der Waals surface area contributed by atoms with Crippen LogP contribution in [0.3, 0.4) is 0 Å². The van der Waals surface area contributed by atoms with Crippen LogP contribution in [0, 0.1) is 3.95 Å². The lowest BCUT2D eigenvalue weighted by atomic mass is 10.1. The maximum absolute atomic E-state index is 12.6. The van der Waals surface area contributed by atoms with Crippen LogP contribution < -0.4 is 0 Å². The minimum atomic E-state index is -0.752. The van der Waals surface area contributed by atoms with Crippen LogP contribution >= 0.6 is 34.9 Å². The highest BCUT2D eigenvalue weighted by atomic mass is 32.1. The average Bonchev–Trinajstić information content (AvgIpc) is 3.27. The SMILES string of the molecule is CCOC(=O)C(Cc1ccccc1)n1c(O)c(/C=N/c2nccs2)sc1=S. The van der Waals surface area contributed by atoms with Crippen LogP contribution in [0.2, 0.25) is 0 Å². The largest absolute Gasteiger partial charge is 0.493 e. The molecular weight excluding hydrogens is 402 g/mol. The quantitative estimate of drug-likeness (QED) is 0.346. The van der Waals surface area contributed by atoms with Crippen LogP contribution in [-0.2, 0) is 16.0 Å². The van der Waals surface area contributed by atoms with Gasteiger partial charge in [-0.1, -0.05) is 41.7 Å². The van der Waals surface area contributed by atoms with Gasteiger partial charge in [0.2, 0.25) is 11.0 Å². The second-order valence-electron chi connectivity index (χ2n) is 5.46. The Hall–Kier alpha value is -2.36. The van der Waals surface area contributed by atoms with Gasteiger partial charge in [0.15, 0.2) is 3.95 Å². The number of carbonyl (C=O) groups is 1. The van der Waals surface area contributed by atoms with E-state index in [1.807, 2.05) is 35.7 Å². The topological polar surface area (TPSA) is 76.7 Å². The van der Waals surface area contributed by atoms with Gasteiger partial charge in [0, 0.05) is 18.0 Å². The normalized spacial score (nSPS) is 12.3. The van der Waals surface area contributed by atoms with E-state index >= 15 is 0 Å². The summed E-state index contributed by atoms with van der Waals surface area (Å²) in [4.78, 5) is 21.3. The molecule has 0 bridgehead atoms. The van der Waals surface area contributed by atoms with E-state index in [-0.39, 0.29) is 12.5 Å². The van der Waals surface area contributed by atoms with Gasteiger partial charge in [0.05, 0.1) is 12.8 Å². The molecule has 3 aromatic rings. The van der Waals surface area contributed by atoms with E-state index in [1.54, 1.807) is 13.1 Å². The van der Waals surface area contributed by atoms with Crippen molar-refractivity contribution in [2.45, 2.75) is 19.4 Å². The Balaban J connectivity index is 1.96. The maximum atomic E-state index is 12.6. The molecule has 140 valence electrons. The van der Waals surface area contributed by atoms with Gasteiger partial charge in [-0.25, -0.2) is 14.8 Å². The minimum Gasteiger partial charge on any atom is -0.493 e. The summed E-state index contributed by atoms with van der Waals surface area (Å²) in [6, 6.07) is 8.79. The van der Waals surface area contributed by atoms with E-state index in [4.69, 9.17) is 17.0 Å². The van der Waals surface area contributed by atoms with E-state index < -0.39 is 12.0 Å². The first-order valence-electron chi connectivity index (χ1n) is 8.18. The van der Waals surface area contributed by atoms with E-state index in [1.165, 1.54) is 33.5 Å². The Morgan fingerprint density at radius 3 is 2.89 bits per heavy atom. The Morgan fingerprint density at radius 2 is 2.22 bits per heavy atom. The summed E-state index contributed by atoms with van der Waals surface area (Å²) in [7, 11) is 0. The number of esters is 1. The van der Waals surface area contributed by atoms with Gasteiger partial charge in [-0.3, -0.25) is 4.57 Å². The summed E-state index contributed by atoms with van der Waals surface area (Å²) < 4.78 is 7.03. The van der Waals surface area contributed by atoms with Crippen LogP contribution in [0.15, 0.2) is 46.9 Å². The number of hydrogen-bond donors (Lipinski definition) is 1. The number of aromatic hydroxyl groups is 1. The van der Waals surface area contributed by atoms with Gasteiger partial charge in [0.1, 0.15) is 10.9 Å². The summed E-state index contributed by atoms with van der Waals surface area (Å²) in [6.45, 7) is 2.00. The molecule has 0 spiro atoms. The molecule has 0 fully saturated rings. The first-order chi connectivity index (χ1) is 13.1. The highest BCUT2D eigenvalue weighted by Gasteiger charge is 2.27. The van der Waals surface area contributed by atoms with Crippen molar-refractivity contribution in [3.05, 3.63) is 56.3 Å². The zero-order valence-electron chi connectivity index (χ0n) is 14.4. The van der Waals surface area contributed by atoms with Gasteiger partial charge in [-0.15, -0.1) is 11.3 Å². The predicted octanol–water partition coefficient (Wildman–Crippen LogP) is 4.54. The van der Waals surface area contributed by atoms with E-state index in [0.29, 0.717) is 20.4 Å². The third-order valence-corrected chi connectivity index (χ3v) is 5.70. The molecule has 6 nitrogen and oxygen atoms in total. The van der Waals surface area contributed by atoms with Gasteiger partial charge < -0.3 is 9.84 Å². The molecule has 0 radical (unpaired) electrons. The number of aromatic nitrogens is 2. The predicted molar refractivity (Wildman–Crippen MR) is 110 cm³/mol. The second kappa shape index (κ2) is 9.03. The van der Waals surface area contributed by atoms with E-state index in [2.05, 4.69) is 9.98 Å². The third-order valence-electron chi connectivity index (χ3n) is 3.70. The monoisotopic (exact) mass is 419 g/mol. The standard InChI is InChI=1S/C18H17N3O3S3/c1-2-24-16(23)13(10-12-6-4-3-5-7-12)21-15(22)14(27-18(21)25)11-20-17-19-8-9-26-17/h3-9,11,13,22H,2,10H2,1H3/b20-11+. The highest BCUT2D eigenvalue weighted by Crippen LogP contribution is 2.31. The molecule has 1 atom stereocenters. The van der Waals surface area contributed by atoms with Gasteiger partial charge in [-0.2, -0.15) is 0 Å². The lowest BCUT2D eigenvalue weighted by Gasteiger charge is -2.18. The fourth-order valence-electron chi connectivity index (χ4n) is 2.50. The molecule has 0 aliphatic heterocycles. The van der Waals surface area contributed by atoms with Crippen molar-refractivity contribution < 1.29 is 14.6 Å².